The smallest absolute Gasteiger partial charge is 0.244 e. The highest BCUT2D eigenvalue weighted by Gasteiger charge is 1.98. The van der Waals surface area contributed by atoms with Crippen LogP contribution < -0.4 is 5.32 Å². The zero-order chi connectivity index (χ0) is 11.4. The van der Waals surface area contributed by atoms with Gasteiger partial charge in [-0.05, 0) is 35.7 Å². The summed E-state index contributed by atoms with van der Waals surface area (Å²) in [7, 11) is 0. The average molecular weight is 235 g/mol. The summed E-state index contributed by atoms with van der Waals surface area (Å²) in [5.74, 6) is 0.587. The van der Waals surface area contributed by atoms with Crippen LogP contribution in [-0.4, -0.2) is 15.2 Å². The monoisotopic (exact) mass is 234 g/mol. The van der Waals surface area contributed by atoms with Gasteiger partial charge in [0.25, 0.3) is 0 Å². The molecule has 0 atom stereocenters. The minimum atomic E-state index is 0.134. The molecule has 0 spiro atoms. The maximum atomic E-state index is 5.63. The van der Waals surface area contributed by atoms with E-state index in [0.717, 1.165) is 12.1 Å². The first-order valence-corrected chi connectivity index (χ1v) is 5.37. The van der Waals surface area contributed by atoms with Gasteiger partial charge in [-0.2, -0.15) is 10.1 Å². The van der Waals surface area contributed by atoms with E-state index < -0.39 is 0 Å². The molecule has 2 rings (SSSR count). The second kappa shape index (κ2) is 4.90. The molecule has 5 heteroatoms. The lowest BCUT2D eigenvalue weighted by atomic mass is 10.1. The number of aromatic nitrogens is 3. The van der Waals surface area contributed by atoms with E-state index in [1.165, 1.54) is 11.8 Å². The van der Waals surface area contributed by atoms with Crippen LogP contribution in [0.1, 0.15) is 12.5 Å². The van der Waals surface area contributed by atoms with Crippen molar-refractivity contribution in [1.82, 2.24) is 15.2 Å². The van der Waals surface area contributed by atoms with Crippen LogP contribution in [0.15, 0.2) is 30.5 Å². The Labute approximate surface area is 98.7 Å². The molecule has 0 unspecified atom stereocenters. The fraction of sp³-hybridized carbons (Fsp3) is 0.182. The third-order valence-corrected chi connectivity index (χ3v) is 2.33. The highest BCUT2D eigenvalue weighted by atomic mass is 35.5. The Morgan fingerprint density at radius 1 is 1.25 bits per heavy atom. The summed E-state index contributed by atoms with van der Waals surface area (Å²) in [6.45, 7) is 2.12. The lowest BCUT2D eigenvalue weighted by Gasteiger charge is -2.05. The van der Waals surface area contributed by atoms with Crippen LogP contribution >= 0.6 is 11.6 Å². The van der Waals surface area contributed by atoms with Crippen molar-refractivity contribution < 1.29 is 0 Å². The Morgan fingerprint density at radius 2 is 2.00 bits per heavy atom. The molecule has 0 aliphatic rings. The fourth-order valence-corrected chi connectivity index (χ4v) is 1.45. The fourth-order valence-electron chi connectivity index (χ4n) is 1.31. The minimum Gasteiger partial charge on any atom is -0.339 e. The molecule has 1 aromatic carbocycles. The SMILES string of the molecule is CCc1ccc(Nc2cnnc(Cl)n2)cc1. The Kier molecular flexibility index (Phi) is 3.31. The number of halogens is 1. The number of nitrogens with one attached hydrogen (secondary N) is 1. The van der Waals surface area contributed by atoms with Gasteiger partial charge in [0.1, 0.15) is 0 Å². The normalized spacial score (nSPS) is 10.1. The Bertz CT molecular complexity index is 470. The molecule has 4 nitrogen and oxygen atoms in total. The number of hydrogen-bond acceptors (Lipinski definition) is 4. The summed E-state index contributed by atoms with van der Waals surface area (Å²) < 4.78 is 0. The standard InChI is InChI=1S/C11H11ClN4/c1-2-8-3-5-9(6-4-8)14-10-7-13-16-11(12)15-10/h3-7H,2H2,1H3,(H,14,15,16). The molecule has 1 heterocycles. The second-order valence-corrected chi connectivity index (χ2v) is 3.62. The van der Waals surface area contributed by atoms with Crippen LogP contribution in [-0.2, 0) is 6.42 Å². The zero-order valence-corrected chi connectivity index (χ0v) is 9.57. The summed E-state index contributed by atoms with van der Waals surface area (Å²) in [4.78, 5) is 3.99. The van der Waals surface area contributed by atoms with Gasteiger partial charge in [0.15, 0.2) is 5.82 Å². The van der Waals surface area contributed by atoms with E-state index in [2.05, 4.69) is 39.6 Å². The Hall–Kier alpha value is -1.68. The number of rotatable bonds is 3. The van der Waals surface area contributed by atoms with Gasteiger partial charge in [-0.15, -0.1) is 5.10 Å². The number of hydrogen-bond donors (Lipinski definition) is 1. The number of nitrogens with zero attached hydrogens (tertiary/aromatic N) is 3. The summed E-state index contributed by atoms with van der Waals surface area (Å²) in [5, 5.41) is 10.5. The molecule has 0 aliphatic carbocycles. The van der Waals surface area contributed by atoms with Gasteiger partial charge >= 0.3 is 0 Å². The van der Waals surface area contributed by atoms with Crippen LogP contribution in [0.5, 0.6) is 0 Å². The zero-order valence-electron chi connectivity index (χ0n) is 8.81. The van der Waals surface area contributed by atoms with Crippen molar-refractivity contribution in [2.45, 2.75) is 13.3 Å². The lowest BCUT2D eigenvalue weighted by molar-refractivity contribution is 0.974. The molecule has 0 radical (unpaired) electrons. The largest absolute Gasteiger partial charge is 0.339 e. The van der Waals surface area contributed by atoms with Crippen LogP contribution in [0.25, 0.3) is 0 Å². The first-order chi connectivity index (χ1) is 7.78. The lowest BCUT2D eigenvalue weighted by Crippen LogP contribution is -1.96. The Balaban J connectivity index is 2.14. The van der Waals surface area contributed by atoms with E-state index in [0.29, 0.717) is 5.82 Å². The molecule has 0 fully saturated rings. The predicted molar refractivity (Wildman–Crippen MR) is 63.9 cm³/mol. The topological polar surface area (TPSA) is 50.7 Å². The quantitative estimate of drug-likeness (QED) is 0.887. The highest BCUT2D eigenvalue weighted by Crippen LogP contribution is 2.15. The van der Waals surface area contributed by atoms with Gasteiger partial charge in [-0.3, -0.25) is 0 Å². The van der Waals surface area contributed by atoms with E-state index in [4.69, 9.17) is 11.6 Å². The molecule has 0 saturated heterocycles. The van der Waals surface area contributed by atoms with Crippen LogP contribution in [0, 0.1) is 0 Å². The van der Waals surface area contributed by atoms with Crippen LogP contribution in [0.4, 0.5) is 11.5 Å². The molecular weight excluding hydrogens is 224 g/mol. The molecule has 1 N–H and O–H groups in total. The third kappa shape index (κ3) is 2.67. The maximum Gasteiger partial charge on any atom is 0.244 e. The van der Waals surface area contributed by atoms with E-state index in [-0.39, 0.29) is 5.28 Å². The van der Waals surface area contributed by atoms with Crippen molar-refractivity contribution in [2.75, 3.05) is 5.32 Å². The predicted octanol–water partition coefficient (Wildman–Crippen LogP) is 2.83. The number of aryl methyl sites for hydroxylation is 1. The van der Waals surface area contributed by atoms with Crippen LogP contribution in [0.2, 0.25) is 5.28 Å². The van der Waals surface area contributed by atoms with E-state index in [1.807, 2.05) is 12.1 Å². The molecule has 2 aromatic rings. The van der Waals surface area contributed by atoms with E-state index >= 15 is 0 Å². The van der Waals surface area contributed by atoms with Crippen molar-refractivity contribution >= 4 is 23.1 Å². The van der Waals surface area contributed by atoms with Gasteiger partial charge in [-0.25, -0.2) is 0 Å². The highest BCUT2D eigenvalue weighted by molar-refractivity contribution is 6.28. The molecule has 16 heavy (non-hydrogen) atoms. The van der Waals surface area contributed by atoms with Gasteiger partial charge < -0.3 is 5.32 Å². The second-order valence-electron chi connectivity index (χ2n) is 3.29. The number of benzene rings is 1. The van der Waals surface area contributed by atoms with Gasteiger partial charge in [0.05, 0.1) is 6.20 Å². The number of anilines is 2. The minimum absolute atomic E-state index is 0.134. The third-order valence-electron chi connectivity index (χ3n) is 2.17. The van der Waals surface area contributed by atoms with Crippen molar-refractivity contribution in [3.8, 4) is 0 Å². The van der Waals surface area contributed by atoms with Crippen molar-refractivity contribution in [1.29, 1.82) is 0 Å². The van der Waals surface area contributed by atoms with Crippen molar-refractivity contribution in [3.63, 3.8) is 0 Å². The van der Waals surface area contributed by atoms with Crippen LogP contribution in [0.3, 0.4) is 0 Å². The Morgan fingerprint density at radius 3 is 2.62 bits per heavy atom. The average Bonchev–Trinajstić information content (AvgIpc) is 2.30. The summed E-state index contributed by atoms with van der Waals surface area (Å²) in [6.07, 6.45) is 2.56. The molecule has 1 aromatic heterocycles. The maximum absolute atomic E-state index is 5.63. The van der Waals surface area contributed by atoms with E-state index in [9.17, 15) is 0 Å². The summed E-state index contributed by atoms with van der Waals surface area (Å²) in [6, 6.07) is 8.13. The van der Waals surface area contributed by atoms with Gasteiger partial charge in [0, 0.05) is 5.69 Å². The van der Waals surface area contributed by atoms with Gasteiger partial charge in [0.2, 0.25) is 5.28 Å². The van der Waals surface area contributed by atoms with Crippen molar-refractivity contribution in [3.05, 3.63) is 41.3 Å². The molecule has 0 aliphatic heterocycles. The van der Waals surface area contributed by atoms with Gasteiger partial charge in [-0.1, -0.05) is 19.1 Å². The first kappa shape index (κ1) is 10.8. The molecule has 82 valence electrons. The molecular formula is C11H11ClN4. The molecule has 0 saturated carbocycles. The molecule has 0 amide bonds. The summed E-state index contributed by atoms with van der Waals surface area (Å²) in [5.41, 5.74) is 2.25. The molecule has 0 bridgehead atoms. The van der Waals surface area contributed by atoms with E-state index in [1.54, 1.807) is 0 Å². The van der Waals surface area contributed by atoms with Crippen molar-refractivity contribution in [2.24, 2.45) is 0 Å². The first-order valence-electron chi connectivity index (χ1n) is 4.99. The summed E-state index contributed by atoms with van der Waals surface area (Å²) >= 11 is 5.63.